The smallest absolute Gasteiger partial charge is 0.124 e. The van der Waals surface area contributed by atoms with E-state index in [1.807, 2.05) is 0 Å². The molecule has 0 saturated heterocycles. The van der Waals surface area contributed by atoms with E-state index in [0.717, 1.165) is 0 Å². The molecule has 0 spiro atoms. The third kappa shape index (κ3) is 1.79. The fraction of sp³-hybridized carbons (Fsp3) is 0. The van der Waals surface area contributed by atoms with Gasteiger partial charge in [-0.25, -0.2) is 0 Å². The minimum absolute atomic E-state index is 0. The Morgan fingerprint density at radius 3 is 2.25 bits per heavy atom. The summed E-state index contributed by atoms with van der Waals surface area (Å²) in [4.78, 5) is 0. The maximum absolute atomic E-state index is 7.12. The summed E-state index contributed by atoms with van der Waals surface area (Å²) in [6.07, 6.45) is 0. The SMILES string of the molecule is Cl.N=C(N)c1cccc(N)c1N. The highest BCUT2D eigenvalue weighted by Gasteiger charge is 2.02. The van der Waals surface area contributed by atoms with Crippen molar-refractivity contribution in [2.24, 2.45) is 5.73 Å². The van der Waals surface area contributed by atoms with Crippen LogP contribution >= 0.6 is 12.4 Å². The molecule has 1 aromatic carbocycles. The Labute approximate surface area is 76.7 Å². The van der Waals surface area contributed by atoms with Crippen LogP contribution in [0.4, 0.5) is 11.4 Å². The van der Waals surface area contributed by atoms with Crippen molar-refractivity contribution in [3.63, 3.8) is 0 Å². The Hall–Kier alpha value is -1.42. The molecule has 1 rings (SSSR count). The van der Waals surface area contributed by atoms with Crippen LogP contribution in [-0.2, 0) is 0 Å². The van der Waals surface area contributed by atoms with Crippen LogP contribution in [0.5, 0.6) is 0 Å². The van der Waals surface area contributed by atoms with Crippen molar-refractivity contribution >= 4 is 29.6 Å². The highest BCUT2D eigenvalue weighted by molar-refractivity contribution is 6.02. The summed E-state index contributed by atoms with van der Waals surface area (Å²) in [5.74, 6) is -0.0604. The first-order valence-electron chi connectivity index (χ1n) is 3.11. The lowest BCUT2D eigenvalue weighted by Crippen LogP contribution is -2.14. The Balaban J connectivity index is 0.00000121. The average Bonchev–Trinajstić information content (AvgIpc) is 1.94. The van der Waals surface area contributed by atoms with Crippen LogP contribution in [0.3, 0.4) is 0 Å². The van der Waals surface area contributed by atoms with Crippen molar-refractivity contribution in [2.45, 2.75) is 0 Å². The number of anilines is 2. The molecule has 0 amide bonds. The molecule has 0 radical (unpaired) electrons. The van der Waals surface area contributed by atoms with Crippen molar-refractivity contribution in [3.8, 4) is 0 Å². The second kappa shape index (κ2) is 3.82. The van der Waals surface area contributed by atoms with Gasteiger partial charge in [0.15, 0.2) is 0 Å². The van der Waals surface area contributed by atoms with Crippen LogP contribution in [0.2, 0.25) is 0 Å². The van der Waals surface area contributed by atoms with E-state index in [9.17, 15) is 0 Å². The Kier molecular flexibility index (Phi) is 3.37. The van der Waals surface area contributed by atoms with E-state index >= 15 is 0 Å². The zero-order valence-electron chi connectivity index (χ0n) is 6.37. The highest BCUT2D eigenvalue weighted by atomic mass is 35.5. The van der Waals surface area contributed by atoms with E-state index in [0.29, 0.717) is 16.9 Å². The molecule has 0 aliphatic heterocycles. The van der Waals surface area contributed by atoms with Gasteiger partial charge in [0.1, 0.15) is 5.84 Å². The second-order valence-electron chi connectivity index (χ2n) is 2.22. The largest absolute Gasteiger partial charge is 0.397 e. The van der Waals surface area contributed by atoms with Gasteiger partial charge in [-0.1, -0.05) is 6.07 Å². The number of benzene rings is 1. The summed E-state index contributed by atoms with van der Waals surface area (Å²) in [5.41, 5.74) is 17.6. The highest BCUT2D eigenvalue weighted by Crippen LogP contribution is 2.18. The van der Waals surface area contributed by atoms with Gasteiger partial charge in [0.05, 0.1) is 11.4 Å². The van der Waals surface area contributed by atoms with Gasteiger partial charge < -0.3 is 17.2 Å². The number of amidine groups is 1. The monoisotopic (exact) mass is 186 g/mol. The van der Waals surface area contributed by atoms with Crippen molar-refractivity contribution in [1.82, 2.24) is 0 Å². The predicted molar refractivity (Wildman–Crippen MR) is 53.5 cm³/mol. The number of nitrogens with one attached hydrogen (secondary N) is 1. The molecule has 0 bridgehead atoms. The summed E-state index contributed by atoms with van der Waals surface area (Å²) >= 11 is 0. The quantitative estimate of drug-likeness (QED) is 0.293. The zero-order valence-corrected chi connectivity index (χ0v) is 7.19. The van der Waals surface area contributed by atoms with Crippen molar-refractivity contribution < 1.29 is 0 Å². The average molecular weight is 187 g/mol. The van der Waals surface area contributed by atoms with E-state index in [1.54, 1.807) is 18.2 Å². The molecule has 0 aromatic heterocycles. The molecule has 66 valence electrons. The topological polar surface area (TPSA) is 102 Å². The lowest BCUT2D eigenvalue weighted by molar-refractivity contribution is 1.43. The maximum Gasteiger partial charge on any atom is 0.124 e. The standard InChI is InChI=1S/C7H10N4.ClH/c8-5-3-1-2-4(6(5)9)7(10)11;/h1-3H,8-9H2,(H3,10,11);1H. The molecule has 0 saturated carbocycles. The van der Waals surface area contributed by atoms with Crippen molar-refractivity contribution in [3.05, 3.63) is 23.8 Å². The molecule has 0 unspecified atom stereocenters. The van der Waals surface area contributed by atoms with Crippen LogP contribution in [-0.4, -0.2) is 5.84 Å². The summed E-state index contributed by atoms with van der Waals surface area (Å²) in [7, 11) is 0. The Morgan fingerprint density at radius 2 is 1.83 bits per heavy atom. The summed E-state index contributed by atoms with van der Waals surface area (Å²) in [5, 5.41) is 7.12. The van der Waals surface area contributed by atoms with Crippen molar-refractivity contribution in [2.75, 3.05) is 11.5 Å². The summed E-state index contributed by atoms with van der Waals surface area (Å²) in [6.45, 7) is 0. The first-order chi connectivity index (χ1) is 5.13. The lowest BCUT2D eigenvalue weighted by atomic mass is 10.1. The molecule has 0 heterocycles. The van der Waals surface area contributed by atoms with Crippen LogP contribution in [0.15, 0.2) is 18.2 Å². The number of halogens is 1. The van der Waals surface area contributed by atoms with Crippen LogP contribution in [0.1, 0.15) is 5.56 Å². The summed E-state index contributed by atoms with van der Waals surface area (Å²) < 4.78 is 0. The van der Waals surface area contributed by atoms with E-state index in [-0.39, 0.29) is 18.2 Å². The lowest BCUT2D eigenvalue weighted by Gasteiger charge is -2.04. The van der Waals surface area contributed by atoms with Crippen molar-refractivity contribution in [1.29, 1.82) is 5.41 Å². The number of hydrogen-bond donors (Lipinski definition) is 4. The molecule has 0 fully saturated rings. The summed E-state index contributed by atoms with van der Waals surface area (Å²) in [6, 6.07) is 5.04. The van der Waals surface area contributed by atoms with E-state index in [4.69, 9.17) is 22.6 Å². The maximum atomic E-state index is 7.12. The number of nitrogens with two attached hydrogens (primary N) is 3. The number of para-hydroxylation sites is 1. The first-order valence-corrected chi connectivity index (χ1v) is 3.11. The van der Waals surface area contributed by atoms with Crippen LogP contribution in [0.25, 0.3) is 0 Å². The third-order valence-electron chi connectivity index (χ3n) is 1.43. The minimum atomic E-state index is -0.0604. The molecule has 0 aliphatic carbocycles. The predicted octanol–water partition coefficient (Wildman–Crippen LogP) is 0.557. The Morgan fingerprint density at radius 1 is 1.25 bits per heavy atom. The molecular weight excluding hydrogens is 176 g/mol. The molecule has 4 nitrogen and oxygen atoms in total. The first kappa shape index (κ1) is 10.6. The third-order valence-corrected chi connectivity index (χ3v) is 1.43. The van der Waals surface area contributed by atoms with E-state index in [1.165, 1.54) is 0 Å². The molecule has 0 atom stereocenters. The van der Waals surface area contributed by atoms with Gasteiger partial charge in [0.2, 0.25) is 0 Å². The molecule has 12 heavy (non-hydrogen) atoms. The fourth-order valence-corrected chi connectivity index (χ4v) is 0.818. The van der Waals surface area contributed by atoms with Gasteiger partial charge >= 0.3 is 0 Å². The second-order valence-corrected chi connectivity index (χ2v) is 2.22. The Bertz CT molecular complexity index is 297. The van der Waals surface area contributed by atoms with Gasteiger partial charge in [-0.15, -0.1) is 12.4 Å². The molecule has 5 heteroatoms. The normalized spacial score (nSPS) is 8.67. The van der Waals surface area contributed by atoms with Gasteiger partial charge in [-0.3, -0.25) is 5.41 Å². The van der Waals surface area contributed by atoms with Crippen LogP contribution < -0.4 is 17.2 Å². The van der Waals surface area contributed by atoms with Gasteiger partial charge in [-0.2, -0.15) is 0 Å². The van der Waals surface area contributed by atoms with E-state index in [2.05, 4.69) is 0 Å². The zero-order chi connectivity index (χ0) is 8.43. The van der Waals surface area contributed by atoms with Crippen LogP contribution in [0, 0.1) is 5.41 Å². The van der Waals surface area contributed by atoms with E-state index < -0.39 is 0 Å². The molecule has 0 aliphatic rings. The molecule has 7 N–H and O–H groups in total. The van der Waals surface area contributed by atoms with Gasteiger partial charge in [0, 0.05) is 5.56 Å². The molecular formula is C7H11ClN4. The number of hydrogen-bond acceptors (Lipinski definition) is 3. The number of nitrogen functional groups attached to an aromatic ring is 3. The van der Waals surface area contributed by atoms with Gasteiger partial charge in [0.25, 0.3) is 0 Å². The molecule has 1 aromatic rings. The number of rotatable bonds is 1. The van der Waals surface area contributed by atoms with Gasteiger partial charge in [-0.05, 0) is 12.1 Å². The fourth-order valence-electron chi connectivity index (χ4n) is 0.818. The minimum Gasteiger partial charge on any atom is -0.397 e.